The molecule has 0 aliphatic carbocycles. The molecule has 4 nitrogen and oxygen atoms in total. The highest BCUT2D eigenvalue weighted by molar-refractivity contribution is 6.30. The van der Waals surface area contributed by atoms with Crippen LogP contribution in [-0.4, -0.2) is 11.8 Å². The van der Waals surface area contributed by atoms with Crippen LogP contribution in [-0.2, 0) is 9.59 Å². The van der Waals surface area contributed by atoms with E-state index in [4.69, 9.17) is 11.6 Å². The summed E-state index contributed by atoms with van der Waals surface area (Å²) in [6, 6.07) is 16.0. The van der Waals surface area contributed by atoms with Gasteiger partial charge in [-0.3, -0.25) is 9.59 Å². The maximum absolute atomic E-state index is 12.2. The van der Waals surface area contributed by atoms with Gasteiger partial charge in [0.2, 0.25) is 11.8 Å². The quantitative estimate of drug-likeness (QED) is 0.886. The molecule has 2 rings (SSSR count). The van der Waals surface area contributed by atoms with E-state index in [-0.39, 0.29) is 24.3 Å². The van der Waals surface area contributed by atoms with Crippen molar-refractivity contribution in [2.75, 3.05) is 5.32 Å². The first-order chi connectivity index (χ1) is 10.5. The Bertz CT molecular complexity index is 659. The molecule has 2 aromatic rings. The van der Waals surface area contributed by atoms with E-state index >= 15 is 0 Å². The van der Waals surface area contributed by atoms with Gasteiger partial charge in [0, 0.05) is 17.6 Å². The SMILES string of the molecule is CC(=O)NC(CC(=O)Nc1cccc(Cl)c1)c1ccccc1. The van der Waals surface area contributed by atoms with E-state index in [0.717, 1.165) is 5.56 Å². The second-order valence-electron chi connectivity index (χ2n) is 4.93. The van der Waals surface area contributed by atoms with Crippen LogP contribution in [0.5, 0.6) is 0 Å². The number of rotatable bonds is 5. The number of hydrogen-bond donors (Lipinski definition) is 2. The first-order valence-electron chi connectivity index (χ1n) is 6.92. The summed E-state index contributed by atoms with van der Waals surface area (Å²) in [5, 5.41) is 6.13. The monoisotopic (exact) mass is 316 g/mol. The van der Waals surface area contributed by atoms with Gasteiger partial charge in [-0.25, -0.2) is 0 Å². The van der Waals surface area contributed by atoms with Gasteiger partial charge < -0.3 is 10.6 Å². The summed E-state index contributed by atoms with van der Waals surface area (Å²) in [5.41, 5.74) is 1.52. The van der Waals surface area contributed by atoms with E-state index in [9.17, 15) is 9.59 Å². The zero-order valence-electron chi connectivity index (χ0n) is 12.2. The van der Waals surface area contributed by atoms with E-state index < -0.39 is 0 Å². The highest BCUT2D eigenvalue weighted by Crippen LogP contribution is 2.19. The molecule has 2 amide bonds. The van der Waals surface area contributed by atoms with Crippen molar-refractivity contribution in [3.05, 3.63) is 65.2 Å². The molecule has 0 aliphatic heterocycles. The lowest BCUT2D eigenvalue weighted by atomic mass is 10.0. The molecule has 0 heterocycles. The van der Waals surface area contributed by atoms with Crippen molar-refractivity contribution in [2.45, 2.75) is 19.4 Å². The number of benzene rings is 2. The van der Waals surface area contributed by atoms with Gasteiger partial charge in [-0.2, -0.15) is 0 Å². The van der Waals surface area contributed by atoms with Crippen LogP contribution in [0, 0.1) is 0 Å². The minimum Gasteiger partial charge on any atom is -0.349 e. The Morgan fingerprint density at radius 3 is 2.45 bits per heavy atom. The molecule has 0 saturated carbocycles. The molecule has 2 aromatic carbocycles. The Hall–Kier alpha value is -2.33. The summed E-state index contributed by atoms with van der Waals surface area (Å²) in [6.45, 7) is 1.44. The number of halogens is 1. The van der Waals surface area contributed by atoms with Crippen LogP contribution in [0.3, 0.4) is 0 Å². The van der Waals surface area contributed by atoms with Crippen molar-refractivity contribution in [1.82, 2.24) is 5.32 Å². The summed E-state index contributed by atoms with van der Waals surface area (Å²) in [7, 11) is 0. The Kier molecular flexibility index (Phi) is 5.55. The fourth-order valence-electron chi connectivity index (χ4n) is 2.15. The van der Waals surface area contributed by atoms with Crippen molar-refractivity contribution in [3.63, 3.8) is 0 Å². The second-order valence-corrected chi connectivity index (χ2v) is 5.36. The van der Waals surface area contributed by atoms with Crippen LogP contribution in [0.2, 0.25) is 5.02 Å². The smallest absolute Gasteiger partial charge is 0.226 e. The number of amides is 2. The highest BCUT2D eigenvalue weighted by Gasteiger charge is 2.17. The Balaban J connectivity index is 2.06. The van der Waals surface area contributed by atoms with Gasteiger partial charge in [0.1, 0.15) is 0 Å². The molecule has 0 bridgehead atoms. The average molecular weight is 317 g/mol. The first-order valence-corrected chi connectivity index (χ1v) is 7.30. The summed E-state index contributed by atoms with van der Waals surface area (Å²) >= 11 is 5.89. The van der Waals surface area contributed by atoms with E-state index in [0.29, 0.717) is 10.7 Å². The standard InChI is InChI=1S/C17H17ClN2O2/c1-12(21)19-16(13-6-3-2-4-7-13)11-17(22)20-15-9-5-8-14(18)10-15/h2-10,16H,11H2,1H3,(H,19,21)(H,20,22). The van der Waals surface area contributed by atoms with Gasteiger partial charge in [-0.1, -0.05) is 48.0 Å². The molecule has 5 heteroatoms. The molecule has 22 heavy (non-hydrogen) atoms. The molecule has 0 fully saturated rings. The van der Waals surface area contributed by atoms with Gasteiger partial charge in [-0.05, 0) is 23.8 Å². The van der Waals surface area contributed by atoms with Crippen molar-refractivity contribution in [2.24, 2.45) is 0 Å². The van der Waals surface area contributed by atoms with E-state index in [1.807, 2.05) is 30.3 Å². The Labute approximate surface area is 134 Å². The summed E-state index contributed by atoms with van der Waals surface area (Å²) in [5.74, 6) is -0.366. The van der Waals surface area contributed by atoms with Crippen LogP contribution in [0.1, 0.15) is 24.9 Å². The molecule has 0 spiro atoms. The topological polar surface area (TPSA) is 58.2 Å². The minimum absolute atomic E-state index is 0.149. The van der Waals surface area contributed by atoms with Gasteiger partial charge in [-0.15, -0.1) is 0 Å². The number of nitrogens with one attached hydrogen (secondary N) is 2. The lowest BCUT2D eigenvalue weighted by Gasteiger charge is -2.18. The number of hydrogen-bond acceptors (Lipinski definition) is 2. The molecule has 1 atom stereocenters. The predicted octanol–water partition coefficient (Wildman–Crippen LogP) is 3.55. The van der Waals surface area contributed by atoms with Crippen molar-refractivity contribution in [3.8, 4) is 0 Å². The molecular weight excluding hydrogens is 300 g/mol. The zero-order valence-corrected chi connectivity index (χ0v) is 12.9. The van der Waals surface area contributed by atoms with E-state index in [1.165, 1.54) is 6.92 Å². The van der Waals surface area contributed by atoms with Crippen molar-refractivity contribution >= 4 is 29.1 Å². The maximum Gasteiger partial charge on any atom is 0.226 e. The molecular formula is C17H17ClN2O2. The predicted molar refractivity (Wildman–Crippen MR) is 87.7 cm³/mol. The van der Waals surface area contributed by atoms with Crippen LogP contribution in [0.15, 0.2) is 54.6 Å². The van der Waals surface area contributed by atoms with Gasteiger partial charge in [0.05, 0.1) is 12.5 Å². The maximum atomic E-state index is 12.2. The molecule has 1 unspecified atom stereocenters. The normalized spacial score (nSPS) is 11.5. The fourth-order valence-corrected chi connectivity index (χ4v) is 2.34. The first kappa shape index (κ1) is 16.0. The lowest BCUT2D eigenvalue weighted by Crippen LogP contribution is -2.29. The highest BCUT2D eigenvalue weighted by atomic mass is 35.5. The lowest BCUT2D eigenvalue weighted by molar-refractivity contribution is -0.120. The summed E-state index contributed by atoms with van der Waals surface area (Å²) < 4.78 is 0. The molecule has 2 N–H and O–H groups in total. The number of carbonyl (C=O) groups is 2. The van der Waals surface area contributed by atoms with Crippen LogP contribution in [0.4, 0.5) is 5.69 Å². The third kappa shape index (κ3) is 4.90. The van der Waals surface area contributed by atoms with Crippen LogP contribution >= 0.6 is 11.6 Å². The summed E-state index contributed by atoms with van der Waals surface area (Å²) in [6.07, 6.45) is 0.149. The molecule has 0 saturated heterocycles. The Morgan fingerprint density at radius 1 is 1.09 bits per heavy atom. The van der Waals surface area contributed by atoms with Gasteiger partial charge >= 0.3 is 0 Å². The van der Waals surface area contributed by atoms with Gasteiger partial charge in [0.15, 0.2) is 0 Å². The minimum atomic E-state index is -0.363. The number of carbonyl (C=O) groups excluding carboxylic acids is 2. The summed E-state index contributed by atoms with van der Waals surface area (Å²) in [4.78, 5) is 23.5. The van der Waals surface area contributed by atoms with Gasteiger partial charge in [0.25, 0.3) is 0 Å². The largest absolute Gasteiger partial charge is 0.349 e. The molecule has 0 radical (unpaired) electrons. The van der Waals surface area contributed by atoms with Crippen LogP contribution < -0.4 is 10.6 Å². The zero-order chi connectivity index (χ0) is 15.9. The Morgan fingerprint density at radius 2 is 1.82 bits per heavy atom. The van der Waals surface area contributed by atoms with Crippen LogP contribution in [0.25, 0.3) is 0 Å². The number of anilines is 1. The molecule has 0 aliphatic rings. The fraction of sp³-hybridized carbons (Fsp3) is 0.176. The van der Waals surface area contributed by atoms with Crippen molar-refractivity contribution in [1.29, 1.82) is 0 Å². The molecule has 114 valence electrons. The van der Waals surface area contributed by atoms with Crippen molar-refractivity contribution < 1.29 is 9.59 Å². The average Bonchev–Trinajstić information content (AvgIpc) is 2.47. The molecule has 0 aromatic heterocycles. The third-order valence-electron chi connectivity index (χ3n) is 3.08. The van der Waals surface area contributed by atoms with E-state index in [1.54, 1.807) is 24.3 Å². The second kappa shape index (κ2) is 7.61. The van der Waals surface area contributed by atoms with E-state index in [2.05, 4.69) is 10.6 Å². The third-order valence-corrected chi connectivity index (χ3v) is 3.31.